The zero-order chi connectivity index (χ0) is 17.7. The van der Waals surface area contributed by atoms with Gasteiger partial charge in [-0.15, -0.1) is 0 Å². The smallest absolute Gasteiger partial charge is 0.282 e. The van der Waals surface area contributed by atoms with E-state index in [2.05, 4.69) is 15.7 Å². The van der Waals surface area contributed by atoms with Crippen LogP contribution in [-0.2, 0) is 7.05 Å². The first-order valence-electron chi connectivity index (χ1n) is 7.34. The monoisotopic (exact) mass is 336 g/mol. The molecule has 0 aliphatic rings. The van der Waals surface area contributed by atoms with Crippen LogP contribution >= 0.6 is 0 Å². The molecule has 1 aromatic carbocycles. The largest absolute Gasteiger partial charge is 0.350 e. The Hall–Kier alpha value is -2.77. The van der Waals surface area contributed by atoms with E-state index < -0.39 is 18.0 Å². The second-order valence-corrected chi connectivity index (χ2v) is 5.23. The van der Waals surface area contributed by atoms with Crippen LogP contribution in [0, 0.1) is 6.92 Å². The number of nitrogens with zero attached hydrogens (tertiary/aromatic N) is 2. The van der Waals surface area contributed by atoms with Gasteiger partial charge in [-0.3, -0.25) is 14.3 Å². The van der Waals surface area contributed by atoms with Crippen LogP contribution in [0.1, 0.15) is 38.4 Å². The number of hydrogen-bond acceptors (Lipinski definition) is 3. The summed E-state index contributed by atoms with van der Waals surface area (Å²) in [5, 5.41) is 8.73. The highest BCUT2D eigenvalue weighted by atomic mass is 19.3. The predicted molar refractivity (Wildman–Crippen MR) is 84.0 cm³/mol. The number of aryl methyl sites for hydroxylation is 2. The zero-order valence-corrected chi connectivity index (χ0v) is 13.3. The number of carbonyl (C=O) groups excluding carboxylic acids is 2. The van der Waals surface area contributed by atoms with E-state index in [9.17, 15) is 18.4 Å². The molecule has 2 rings (SSSR count). The van der Waals surface area contributed by atoms with E-state index in [1.54, 1.807) is 12.1 Å². The van der Waals surface area contributed by atoms with Crippen LogP contribution in [0.5, 0.6) is 0 Å². The number of halogens is 2. The van der Waals surface area contributed by atoms with Crippen LogP contribution in [0.3, 0.4) is 0 Å². The lowest BCUT2D eigenvalue weighted by Crippen LogP contribution is -2.35. The van der Waals surface area contributed by atoms with Gasteiger partial charge in [-0.1, -0.05) is 18.2 Å². The average molecular weight is 336 g/mol. The molecule has 0 aliphatic carbocycles. The fraction of sp³-hybridized carbons (Fsp3) is 0.312. The Balaban J connectivity index is 1.85. The van der Waals surface area contributed by atoms with Gasteiger partial charge in [0.2, 0.25) is 0 Å². The number of benzene rings is 1. The Morgan fingerprint density at radius 3 is 2.29 bits per heavy atom. The van der Waals surface area contributed by atoms with Gasteiger partial charge in [0.15, 0.2) is 0 Å². The molecule has 0 spiro atoms. The lowest BCUT2D eigenvalue weighted by molar-refractivity contribution is 0.0920. The maximum atomic E-state index is 12.8. The highest BCUT2D eigenvalue weighted by Gasteiger charge is 2.22. The quantitative estimate of drug-likeness (QED) is 0.790. The third-order valence-electron chi connectivity index (χ3n) is 3.39. The highest BCUT2D eigenvalue weighted by molar-refractivity contribution is 5.96. The maximum absolute atomic E-state index is 12.8. The summed E-state index contributed by atoms with van der Waals surface area (Å²) in [6.45, 7) is 2.13. The fourth-order valence-corrected chi connectivity index (χ4v) is 2.21. The third kappa shape index (κ3) is 4.15. The molecule has 0 radical (unpaired) electrons. The first kappa shape index (κ1) is 17.6. The van der Waals surface area contributed by atoms with Crippen LogP contribution < -0.4 is 10.6 Å². The number of amides is 2. The van der Waals surface area contributed by atoms with Crippen molar-refractivity contribution in [2.75, 3.05) is 13.1 Å². The van der Waals surface area contributed by atoms with E-state index in [1.165, 1.54) is 13.2 Å². The zero-order valence-electron chi connectivity index (χ0n) is 13.3. The molecule has 2 N–H and O–H groups in total. The van der Waals surface area contributed by atoms with Crippen molar-refractivity contribution < 1.29 is 18.4 Å². The van der Waals surface area contributed by atoms with Crippen LogP contribution in [0.15, 0.2) is 30.5 Å². The molecule has 0 fully saturated rings. The van der Waals surface area contributed by atoms with Gasteiger partial charge < -0.3 is 10.6 Å². The molecule has 2 aromatic rings. The molecule has 0 saturated heterocycles. The SMILES string of the molecule is Cc1ccccc1C(=O)NCCNC(=O)c1cn(C)nc1C(F)F. The molecule has 2 amide bonds. The van der Waals surface area contributed by atoms with Crippen molar-refractivity contribution in [2.24, 2.45) is 7.05 Å². The molecule has 8 heteroatoms. The molecule has 128 valence electrons. The second-order valence-electron chi connectivity index (χ2n) is 5.23. The van der Waals surface area contributed by atoms with Crippen LogP contribution in [0.2, 0.25) is 0 Å². The summed E-state index contributed by atoms with van der Waals surface area (Å²) in [7, 11) is 1.46. The first-order valence-corrected chi connectivity index (χ1v) is 7.34. The van der Waals surface area contributed by atoms with Crippen molar-refractivity contribution in [1.82, 2.24) is 20.4 Å². The topological polar surface area (TPSA) is 76.0 Å². The number of rotatable bonds is 6. The van der Waals surface area contributed by atoms with Crippen molar-refractivity contribution in [2.45, 2.75) is 13.3 Å². The van der Waals surface area contributed by atoms with E-state index in [-0.39, 0.29) is 24.6 Å². The van der Waals surface area contributed by atoms with Crippen molar-refractivity contribution >= 4 is 11.8 Å². The minimum atomic E-state index is -2.83. The van der Waals surface area contributed by atoms with Crippen molar-refractivity contribution in [1.29, 1.82) is 0 Å². The van der Waals surface area contributed by atoms with Crippen molar-refractivity contribution in [3.63, 3.8) is 0 Å². The lowest BCUT2D eigenvalue weighted by atomic mass is 10.1. The molecule has 0 atom stereocenters. The minimum Gasteiger partial charge on any atom is -0.350 e. The summed E-state index contributed by atoms with van der Waals surface area (Å²) in [6.07, 6.45) is -1.59. The Bertz CT molecular complexity index is 743. The van der Waals surface area contributed by atoms with Crippen LogP contribution in [0.4, 0.5) is 8.78 Å². The molecular formula is C16H18F2N4O2. The van der Waals surface area contributed by atoms with Crippen LogP contribution in [0.25, 0.3) is 0 Å². The van der Waals surface area contributed by atoms with Crippen molar-refractivity contribution in [3.05, 3.63) is 52.8 Å². The molecule has 6 nitrogen and oxygen atoms in total. The molecule has 1 heterocycles. The van der Waals surface area contributed by atoms with Gasteiger partial charge in [0.25, 0.3) is 18.2 Å². The number of hydrogen-bond donors (Lipinski definition) is 2. The third-order valence-corrected chi connectivity index (χ3v) is 3.39. The molecule has 0 saturated carbocycles. The van der Waals surface area contributed by atoms with Crippen molar-refractivity contribution in [3.8, 4) is 0 Å². The number of aromatic nitrogens is 2. The number of carbonyl (C=O) groups is 2. The Morgan fingerprint density at radius 1 is 1.12 bits per heavy atom. The molecular weight excluding hydrogens is 318 g/mol. The molecule has 0 aliphatic heterocycles. The van der Waals surface area contributed by atoms with E-state index in [4.69, 9.17) is 0 Å². The maximum Gasteiger partial charge on any atom is 0.282 e. The summed E-state index contributed by atoms with van der Waals surface area (Å²) in [5.74, 6) is -0.902. The average Bonchev–Trinajstić information content (AvgIpc) is 2.94. The van der Waals surface area contributed by atoms with Crippen LogP contribution in [-0.4, -0.2) is 34.7 Å². The van der Waals surface area contributed by atoms with Gasteiger partial charge in [-0.05, 0) is 18.6 Å². The molecule has 0 unspecified atom stereocenters. The molecule has 0 bridgehead atoms. The second kappa shape index (κ2) is 7.67. The van der Waals surface area contributed by atoms with Gasteiger partial charge in [0, 0.05) is 31.9 Å². The Morgan fingerprint density at radius 2 is 1.71 bits per heavy atom. The fourth-order valence-electron chi connectivity index (χ4n) is 2.21. The van der Waals surface area contributed by atoms with Gasteiger partial charge >= 0.3 is 0 Å². The van der Waals surface area contributed by atoms with E-state index in [1.807, 2.05) is 19.1 Å². The standard InChI is InChI=1S/C16H18F2N4O2/c1-10-5-3-4-6-11(10)15(23)19-7-8-20-16(24)12-9-22(2)21-13(12)14(17)18/h3-6,9,14H,7-8H2,1-2H3,(H,19,23)(H,20,24). The van der Waals surface area contributed by atoms with Gasteiger partial charge in [0.05, 0.1) is 5.56 Å². The summed E-state index contributed by atoms with van der Waals surface area (Å²) in [4.78, 5) is 23.9. The number of nitrogens with one attached hydrogen (secondary N) is 2. The summed E-state index contributed by atoms with van der Waals surface area (Å²) >= 11 is 0. The normalized spacial score (nSPS) is 10.7. The highest BCUT2D eigenvalue weighted by Crippen LogP contribution is 2.20. The summed E-state index contributed by atoms with van der Waals surface area (Å²) in [6, 6.07) is 7.12. The van der Waals surface area contributed by atoms with E-state index in [0.29, 0.717) is 5.56 Å². The number of alkyl halides is 2. The molecule has 1 aromatic heterocycles. The van der Waals surface area contributed by atoms with E-state index in [0.717, 1.165) is 10.2 Å². The van der Waals surface area contributed by atoms with Gasteiger partial charge in [-0.2, -0.15) is 5.10 Å². The molecule has 24 heavy (non-hydrogen) atoms. The Kier molecular flexibility index (Phi) is 5.62. The minimum absolute atomic E-state index is 0.119. The summed E-state index contributed by atoms with van der Waals surface area (Å²) < 4.78 is 26.8. The Labute approximate surface area is 137 Å². The predicted octanol–water partition coefficient (Wildman–Crippen LogP) is 1.83. The summed E-state index contributed by atoms with van der Waals surface area (Å²) in [5.41, 5.74) is 0.670. The van der Waals surface area contributed by atoms with E-state index >= 15 is 0 Å². The lowest BCUT2D eigenvalue weighted by Gasteiger charge is -2.08. The van der Waals surface area contributed by atoms with Gasteiger partial charge in [0.1, 0.15) is 5.69 Å². The first-order chi connectivity index (χ1) is 11.4. The van der Waals surface area contributed by atoms with Gasteiger partial charge in [-0.25, -0.2) is 8.78 Å².